The van der Waals surface area contributed by atoms with Crippen LogP contribution < -0.4 is 0 Å². The van der Waals surface area contributed by atoms with Crippen molar-refractivity contribution in [2.75, 3.05) is 7.11 Å². The second kappa shape index (κ2) is 9.68. The molecule has 2 aromatic rings. The lowest BCUT2D eigenvalue weighted by Gasteiger charge is -2.23. The molecule has 0 N–H and O–H groups in total. The minimum Gasteiger partial charge on any atom is -0.467 e. The van der Waals surface area contributed by atoms with E-state index in [1.165, 1.54) is 7.11 Å². The first-order valence-electron chi connectivity index (χ1n) is 8.21. The van der Waals surface area contributed by atoms with Gasteiger partial charge in [0.1, 0.15) is 0 Å². The van der Waals surface area contributed by atoms with Gasteiger partial charge in [-0.15, -0.1) is 0 Å². The first kappa shape index (κ1) is 18.0. The maximum atomic E-state index is 12.3. The Bertz CT molecular complexity index is 635. The van der Waals surface area contributed by atoms with Crippen molar-refractivity contribution < 1.29 is 14.3 Å². The van der Waals surface area contributed by atoms with E-state index in [0.717, 1.165) is 17.5 Å². The van der Waals surface area contributed by atoms with Crippen LogP contribution >= 0.6 is 0 Å². The van der Waals surface area contributed by atoms with Crippen LogP contribution in [0.1, 0.15) is 30.4 Å². The third-order valence-corrected chi connectivity index (χ3v) is 3.80. The maximum absolute atomic E-state index is 12.3. The summed E-state index contributed by atoms with van der Waals surface area (Å²) in [4.78, 5) is 12.3. The van der Waals surface area contributed by atoms with Crippen LogP contribution in [0.5, 0.6) is 0 Å². The topological polar surface area (TPSA) is 35.5 Å². The van der Waals surface area contributed by atoms with Crippen LogP contribution in [0.2, 0.25) is 0 Å². The molecule has 0 heterocycles. The Morgan fingerprint density at radius 1 is 1.04 bits per heavy atom. The summed E-state index contributed by atoms with van der Waals surface area (Å²) < 4.78 is 11.0. The van der Waals surface area contributed by atoms with Crippen LogP contribution in [0.15, 0.2) is 72.8 Å². The fraction of sp³-hybridized carbons (Fsp3) is 0.286. The number of carbonyl (C=O) groups excluding carboxylic acids is 1. The Morgan fingerprint density at radius 2 is 1.67 bits per heavy atom. The summed E-state index contributed by atoms with van der Waals surface area (Å²) in [6, 6.07) is 19.7. The van der Waals surface area contributed by atoms with Gasteiger partial charge in [0.2, 0.25) is 0 Å². The van der Waals surface area contributed by atoms with Gasteiger partial charge in [-0.05, 0) is 17.5 Å². The zero-order valence-corrected chi connectivity index (χ0v) is 14.2. The van der Waals surface area contributed by atoms with Crippen molar-refractivity contribution in [3.05, 3.63) is 83.9 Å². The quantitative estimate of drug-likeness (QED) is 0.530. The Kier molecular flexibility index (Phi) is 7.24. The van der Waals surface area contributed by atoms with Crippen LogP contribution in [-0.4, -0.2) is 19.2 Å². The molecule has 2 rings (SSSR count). The van der Waals surface area contributed by atoms with Gasteiger partial charge in [-0.1, -0.05) is 79.7 Å². The smallest absolute Gasteiger partial charge is 0.335 e. The van der Waals surface area contributed by atoms with E-state index in [4.69, 9.17) is 9.47 Å². The SMILES string of the molecule is CC/C=C/[C@@H](c1ccccc1)[C@H](OCc1ccccc1)C(=O)OC. The number of rotatable bonds is 8. The van der Waals surface area contributed by atoms with Gasteiger partial charge in [0.25, 0.3) is 0 Å². The number of hydrogen-bond acceptors (Lipinski definition) is 3. The second-order valence-corrected chi connectivity index (χ2v) is 5.51. The Labute approximate surface area is 143 Å². The molecule has 2 aromatic carbocycles. The van der Waals surface area contributed by atoms with Gasteiger partial charge in [-0.3, -0.25) is 0 Å². The molecule has 0 aliphatic carbocycles. The molecule has 0 unspecified atom stereocenters. The summed E-state index contributed by atoms with van der Waals surface area (Å²) in [6.45, 7) is 2.43. The van der Waals surface area contributed by atoms with E-state index in [9.17, 15) is 4.79 Å². The van der Waals surface area contributed by atoms with E-state index >= 15 is 0 Å². The number of ether oxygens (including phenoxy) is 2. The highest BCUT2D eigenvalue weighted by Crippen LogP contribution is 2.26. The van der Waals surface area contributed by atoms with Gasteiger partial charge in [-0.25, -0.2) is 4.79 Å². The molecule has 0 saturated heterocycles. The summed E-state index contributed by atoms with van der Waals surface area (Å²) in [5.74, 6) is -0.539. The number of benzene rings is 2. The molecule has 126 valence electrons. The predicted molar refractivity (Wildman–Crippen MR) is 95.6 cm³/mol. The molecule has 0 radical (unpaired) electrons. The molecule has 3 heteroatoms. The highest BCUT2D eigenvalue weighted by atomic mass is 16.6. The average Bonchev–Trinajstić information content (AvgIpc) is 2.65. The molecule has 0 amide bonds. The Balaban J connectivity index is 2.24. The molecular weight excluding hydrogens is 300 g/mol. The summed E-state index contributed by atoms with van der Waals surface area (Å²) in [5, 5.41) is 0. The zero-order chi connectivity index (χ0) is 17.2. The Hall–Kier alpha value is -2.39. The van der Waals surface area contributed by atoms with Crippen molar-refractivity contribution in [3.8, 4) is 0 Å². The first-order chi connectivity index (χ1) is 11.8. The van der Waals surface area contributed by atoms with Crippen LogP contribution in [0.25, 0.3) is 0 Å². The second-order valence-electron chi connectivity index (χ2n) is 5.51. The van der Waals surface area contributed by atoms with Gasteiger partial charge >= 0.3 is 5.97 Å². The standard InChI is InChI=1S/C21H24O3/c1-3-4-15-19(18-13-9-6-10-14-18)20(21(22)23-2)24-16-17-11-7-5-8-12-17/h4-15,19-20H,3,16H2,1-2H3/b15-4+/t19-,20-/m0/s1. The largest absolute Gasteiger partial charge is 0.467 e. The van der Waals surface area contributed by atoms with Gasteiger partial charge in [0, 0.05) is 5.92 Å². The van der Waals surface area contributed by atoms with Gasteiger partial charge in [0.05, 0.1) is 13.7 Å². The minimum absolute atomic E-state index is 0.178. The fourth-order valence-corrected chi connectivity index (χ4v) is 2.54. The lowest BCUT2D eigenvalue weighted by Crippen LogP contribution is -2.31. The first-order valence-corrected chi connectivity index (χ1v) is 8.21. The molecule has 0 saturated carbocycles. The number of esters is 1. The molecule has 3 nitrogen and oxygen atoms in total. The fourth-order valence-electron chi connectivity index (χ4n) is 2.54. The molecule has 0 aliphatic rings. The van der Waals surface area contributed by atoms with E-state index in [1.54, 1.807) is 0 Å². The normalized spacial score (nSPS) is 13.6. The molecule has 0 aromatic heterocycles. The monoisotopic (exact) mass is 324 g/mol. The van der Waals surface area contributed by atoms with Crippen molar-refractivity contribution >= 4 is 5.97 Å². The van der Waals surface area contributed by atoms with E-state index < -0.39 is 6.10 Å². The number of hydrogen-bond donors (Lipinski definition) is 0. The van der Waals surface area contributed by atoms with Gasteiger partial charge < -0.3 is 9.47 Å². The van der Waals surface area contributed by atoms with Crippen molar-refractivity contribution in [2.45, 2.75) is 32.0 Å². The molecule has 0 spiro atoms. The Morgan fingerprint density at radius 3 is 2.25 bits per heavy atom. The van der Waals surface area contributed by atoms with Gasteiger partial charge in [-0.2, -0.15) is 0 Å². The van der Waals surface area contributed by atoms with Crippen molar-refractivity contribution in [1.29, 1.82) is 0 Å². The zero-order valence-electron chi connectivity index (χ0n) is 14.2. The molecule has 2 atom stereocenters. The third-order valence-electron chi connectivity index (χ3n) is 3.80. The summed E-state index contributed by atoms with van der Waals surface area (Å²) in [6.07, 6.45) is 4.30. The predicted octanol–water partition coefficient (Wildman–Crippen LogP) is 4.49. The van der Waals surface area contributed by atoms with Crippen LogP contribution in [-0.2, 0) is 20.9 Å². The maximum Gasteiger partial charge on any atom is 0.335 e. The molecule has 24 heavy (non-hydrogen) atoms. The molecule has 0 fully saturated rings. The summed E-state index contributed by atoms with van der Waals surface area (Å²) >= 11 is 0. The molecule has 0 aliphatic heterocycles. The van der Waals surface area contributed by atoms with E-state index in [1.807, 2.05) is 66.7 Å². The van der Waals surface area contributed by atoms with Crippen molar-refractivity contribution in [3.63, 3.8) is 0 Å². The molecule has 0 bridgehead atoms. The van der Waals surface area contributed by atoms with Gasteiger partial charge in [0.15, 0.2) is 6.10 Å². The number of carbonyl (C=O) groups is 1. The number of allylic oxidation sites excluding steroid dienone is 1. The summed E-state index contributed by atoms with van der Waals surface area (Å²) in [5.41, 5.74) is 2.06. The highest BCUT2D eigenvalue weighted by molar-refractivity contribution is 5.76. The lowest BCUT2D eigenvalue weighted by molar-refractivity contribution is -0.155. The van der Waals surface area contributed by atoms with E-state index in [2.05, 4.69) is 13.0 Å². The lowest BCUT2D eigenvalue weighted by atomic mass is 9.92. The highest BCUT2D eigenvalue weighted by Gasteiger charge is 2.29. The van der Waals surface area contributed by atoms with Crippen molar-refractivity contribution in [2.24, 2.45) is 0 Å². The van der Waals surface area contributed by atoms with Crippen LogP contribution in [0.3, 0.4) is 0 Å². The third kappa shape index (κ3) is 5.07. The minimum atomic E-state index is -0.680. The van der Waals surface area contributed by atoms with Crippen LogP contribution in [0, 0.1) is 0 Å². The van der Waals surface area contributed by atoms with Crippen LogP contribution in [0.4, 0.5) is 0 Å². The van der Waals surface area contributed by atoms with E-state index in [-0.39, 0.29) is 11.9 Å². The number of methoxy groups -OCH3 is 1. The van der Waals surface area contributed by atoms with E-state index in [0.29, 0.717) is 6.61 Å². The average molecular weight is 324 g/mol. The van der Waals surface area contributed by atoms with Crippen molar-refractivity contribution in [1.82, 2.24) is 0 Å². The summed E-state index contributed by atoms with van der Waals surface area (Å²) in [7, 11) is 1.40. The molecular formula is C21H24O3.